The van der Waals surface area contributed by atoms with Crippen LogP contribution in [0.2, 0.25) is 0 Å². The number of aryl methyl sites for hydroxylation is 1. The molecule has 0 bridgehead atoms. The Morgan fingerprint density at radius 1 is 0.706 bits per heavy atom. The van der Waals surface area contributed by atoms with Crippen molar-refractivity contribution in [1.82, 2.24) is 4.57 Å². The predicted molar refractivity (Wildman–Crippen MR) is 201 cm³/mol. The summed E-state index contributed by atoms with van der Waals surface area (Å²) in [6.45, 7) is 4.03. The van der Waals surface area contributed by atoms with Gasteiger partial charge in [0.1, 0.15) is 48.2 Å². The van der Waals surface area contributed by atoms with Gasteiger partial charge in [0, 0.05) is 22.7 Å². The first-order valence-electron chi connectivity index (χ1n) is 17.3. The minimum Gasteiger partial charge on any atom is -0.489 e. The van der Waals surface area contributed by atoms with Crippen molar-refractivity contribution in [1.29, 1.82) is 0 Å². The molecule has 3 atom stereocenters. The highest BCUT2D eigenvalue weighted by Crippen LogP contribution is 2.57. The van der Waals surface area contributed by atoms with Crippen LogP contribution in [0.1, 0.15) is 5.56 Å². The summed E-state index contributed by atoms with van der Waals surface area (Å²) in [5, 5.41) is 2.84. The van der Waals surface area contributed by atoms with Gasteiger partial charge in [-0.2, -0.15) is 0 Å². The zero-order chi connectivity index (χ0) is 34.1. The Morgan fingerprint density at radius 3 is 2.14 bits per heavy atom. The molecule has 2 fully saturated rings. The SMILES string of the molecule is Cc1ccc(-c2ccc3c(c2)c2c(OCC4CO4)c(P4(=O)Oc5ccccc5-c5ccccc54)cc(OCC4CO4)c2n3-c2ccccc2)cc1. The highest BCUT2D eigenvalue weighted by molar-refractivity contribution is 7.75. The fraction of sp³-hybridized carbons (Fsp3) is 0.163. The summed E-state index contributed by atoms with van der Waals surface area (Å²) in [5.74, 6) is 1.66. The molecule has 3 aliphatic rings. The van der Waals surface area contributed by atoms with Crippen LogP contribution in [-0.4, -0.2) is 43.2 Å². The van der Waals surface area contributed by atoms with Crippen LogP contribution in [0, 0.1) is 6.92 Å². The number of benzene rings is 6. The number of aromatic nitrogens is 1. The van der Waals surface area contributed by atoms with Crippen LogP contribution in [0.25, 0.3) is 49.7 Å². The quantitative estimate of drug-likeness (QED) is 0.112. The molecular formula is C43H34NO6P. The molecule has 51 heavy (non-hydrogen) atoms. The van der Waals surface area contributed by atoms with Crippen molar-refractivity contribution >= 4 is 39.8 Å². The first-order chi connectivity index (χ1) is 25.0. The van der Waals surface area contributed by atoms with E-state index in [0.717, 1.165) is 49.7 Å². The van der Waals surface area contributed by atoms with Gasteiger partial charge < -0.3 is 28.0 Å². The topological polar surface area (TPSA) is 74.8 Å². The van der Waals surface area contributed by atoms with Crippen molar-refractivity contribution in [3.63, 3.8) is 0 Å². The van der Waals surface area contributed by atoms with Crippen LogP contribution in [-0.2, 0) is 14.0 Å². The van der Waals surface area contributed by atoms with Crippen LogP contribution in [0.5, 0.6) is 17.2 Å². The minimum atomic E-state index is -3.83. The molecule has 0 spiro atoms. The monoisotopic (exact) mass is 691 g/mol. The summed E-state index contributed by atoms with van der Waals surface area (Å²) in [6.07, 6.45) is -0.0358. The maximum atomic E-state index is 16.0. The molecule has 252 valence electrons. The molecular weight excluding hydrogens is 657 g/mol. The van der Waals surface area contributed by atoms with Gasteiger partial charge in [0.25, 0.3) is 0 Å². The molecule has 1 aromatic heterocycles. The van der Waals surface area contributed by atoms with E-state index in [1.54, 1.807) is 0 Å². The number of fused-ring (bicyclic) bond motifs is 6. The zero-order valence-electron chi connectivity index (χ0n) is 28.0. The minimum absolute atomic E-state index is 0.00340. The van der Waals surface area contributed by atoms with Crippen molar-refractivity contribution < 1.29 is 28.0 Å². The maximum absolute atomic E-state index is 16.0. The number of nitrogens with zero attached hydrogens (tertiary/aromatic N) is 1. The second-order valence-corrected chi connectivity index (χ2v) is 15.7. The lowest BCUT2D eigenvalue weighted by Crippen LogP contribution is -2.27. The summed E-state index contributed by atoms with van der Waals surface area (Å²) in [7, 11) is -3.83. The van der Waals surface area contributed by atoms with Crippen molar-refractivity contribution in [2.45, 2.75) is 19.1 Å². The normalized spacial score (nSPS) is 20.0. The fourth-order valence-corrected chi connectivity index (χ4v) is 9.58. The van der Waals surface area contributed by atoms with Gasteiger partial charge in [0.15, 0.2) is 0 Å². The van der Waals surface area contributed by atoms with E-state index in [-0.39, 0.29) is 12.2 Å². The summed E-state index contributed by atoms with van der Waals surface area (Å²) >= 11 is 0. The first kappa shape index (κ1) is 30.5. The Bertz CT molecular complexity index is 2520. The summed E-state index contributed by atoms with van der Waals surface area (Å²) < 4.78 is 49.6. The first-order valence-corrected chi connectivity index (χ1v) is 18.9. The predicted octanol–water partition coefficient (Wildman–Crippen LogP) is 8.60. The Labute approximate surface area is 295 Å². The largest absolute Gasteiger partial charge is 0.489 e. The highest BCUT2D eigenvalue weighted by Gasteiger charge is 2.42. The molecule has 0 saturated carbocycles. The Hall–Kier alpha value is -5.33. The molecule has 7 nitrogen and oxygen atoms in total. The van der Waals surface area contributed by atoms with E-state index >= 15 is 4.57 Å². The van der Waals surface area contributed by atoms with Gasteiger partial charge in [0.05, 0.1) is 34.7 Å². The van der Waals surface area contributed by atoms with Crippen molar-refractivity contribution in [3.05, 3.63) is 133 Å². The van der Waals surface area contributed by atoms with E-state index in [1.807, 2.05) is 72.8 Å². The zero-order valence-corrected chi connectivity index (χ0v) is 28.8. The smallest absolute Gasteiger partial charge is 0.311 e. The van der Waals surface area contributed by atoms with Gasteiger partial charge >= 0.3 is 7.37 Å². The van der Waals surface area contributed by atoms with Gasteiger partial charge in [-0.25, -0.2) is 0 Å². The maximum Gasteiger partial charge on any atom is 0.311 e. The highest BCUT2D eigenvalue weighted by atomic mass is 31.2. The third kappa shape index (κ3) is 5.23. The van der Waals surface area contributed by atoms with Gasteiger partial charge in [0.2, 0.25) is 0 Å². The third-order valence-electron chi connectivity index (χ3n) is 9.91. The van der Waals surface area contributed by atoms with Crippen molar-refractivity contribution in [2.24, 2.45) is 0 Å². The Morgan fingerprint density at radius 2 is 1.37 bits per heavy atom. The molecule has 2 saturated heterocycles. The molecule has 0 radical (unpaired) electrons. The Kier molecular flexibility index (Phi) is 7.10. The summed E-state index contributed by atoms with van der Waals surface area (Å²) in [5.41, 5.74) is 7.90. The van der Waals surface area contributed by atoms with Crippen LogP contribution in [0.15, 0.2) is 127 Å². The van der Waals surface area contributed by atoms with Gasteiger partial charge in [-0.15, -0.1) is 0 Å². The van der Waals surface area contributed by atoms with Gasteiger partial charge in [-0.3, -0.25) is 4.57 Å². The van der Waals surface area contributed by atoms with E-state index in [9.17, 15) is 0 Å². The number of hydrogen-bond donors (Lipinski definition) is 0. The second-order valence-electron chi connectivity index (χ2n) is 13.4. The molecule has 6 aromatic carbocycles. The van der Waals surface area contributed by atoms with Crippen LogP contribution >= 0.6 is 7.37 Å². The average molecular weight is 692 g/mol. The standard InChI is InChI=1S/C43H34NO6P/c1-27-15-17-28(18-16-27)29-19-20-36-35(21-29)41-42(44(36)30-9-3-2-4-10-30)38(48-25-31-23-46-31)22-40(43(41)49-26-32-24-47-32)51(45)39-14-8-6-12-34(39)33-11-5-7-13-37(33)50-51/h2-22,31-32H,23-26H2,1H3. The number of rotatable bonds is 9. The van der Waals surface area contributed by atoms with E-state index < -0.39 is 7.37 Å². The molecule has 3 unspecified atom stereocenters. The van der Waals surface area contributed by atoms with Gasteiger partial charge in [-0.05, 0) is 60.0 Å². The summed E-state index contributed by atoms with van der Waals surface area (Å²) in [4.78, 5) is 0. The fourth-order valence-electron chi connectivity index (χ4n) is 7.17. The van der Waals surface area contributed by atoms with E-state index in [1.165, 1.54) is 5.56 Å². The second kappa shape index (κ2) is 11.9. The molecule has 0 N–H and O–H groups in total. The van der Waals surface area contributed by atoms with E-state index in [0.29, 0.717) is 54.3 Å². The molecule has 10 rings (SSSR count). The number of epoxide rings is 2. The molecule has 8 heteroatoms. The summed E-state index contributed by atoms with van der Waals surface area (Å²) in [6, 6.07) is 42.8. The van der Waals surface area contributed by atoms with E-state index in [4.69, 9.17) is 23.5 Å². The number of para-hydroxylation sites is 2. The van der Waals surface area contributed by atoms with Crippen LogP contribution < -0.4 is 24.6 Å². The molecule has 4 heterocycles. The third-order valence-corrected chi connectivity index (χ3v) is 12.4. The van der Waals surface area contributed by atoms with E-state index in [2.05, 4.69) is 66.1 Å². The number of ether oxygens (including phenoxy) is 4. The lowest BCUT2D eigenvalue weighted by molar-refractivity contribution is 0.262. The average Bonchev–Trinajstić information content (AvgIpc) is 4.12. The van der Waals surface area contributed by atoms with Crippen molar-refractivity contribution in [2.75, 3.05) is 26.4 Å². The van der Waals surface area contributed by atoms with Crippen molar-refractivity contribution in [3.8, 4) is 45.2 Å². The molecule has 3 aliphatic heterocycles. The van der Waals surface area contributed by atoms with Crippen LogP contribution in [0.3, 0.4) is 0 Å². The molecule has 0 amide bonds. The van der Waals surface area contributed by atoms with Crippen LogP contribution in [0.4, 0.5) is 0 Å². The lowest BCUT2D eigenvalue weighted by atomic mass is 10.0. The molecule has 7 aromatic rings. The molecule has 0 aliphatic carbocycles. The number of hydrogen-bond acceptors (Lipinski definition) is 6. The lowest BCUT2D eigenvalue weighted by Gasteiger charge is -2.30. The van der Waals surface area contributed by atoms with Gasteiger partial charge in [-0.1, -0.05) is 90.5 Å². The Balaban J connectivity index is 1.32.